The monoisotopic (exact) mass is 256 g/mol. The molecule has 0 amide bonds. The fourth-order valence-electron chi connectivity index (χ4n) is 0.711. The molecule has 3 heteroatoms. The van der Waals surface area contributed by atoms with E-state index in [0.29, 0.717) is 0 Å². The van der Waals surface area contributed by atoms with Gasteiger partial charge in [0.15, 0.2) is 0 Å². The van der Waals surface area contributed by atoms with E-state index in [2.05, 4.69) is 0 Å². The summed E-state index contributed by atoms with van der Waals surface area (Å²) in [6, 6.07) is 6.67. The molecule has 0 aromatic heterocycles. The van der Waals surface area contributed by atoms with E-state index in [4.69, 9.17) is 0 Å². The van der Waals surface area contributed by atoms with E-state index in [1.54, 1.807) is 25.1 Å². The van der Waals surface area contributed by atoms with Gasteiger partial charge in [0, 0.05) is 0 Å². The zero-order valence-corrected chi connectivity index (χ0v) is 7.60. The first-order valence-corrected chi connectivity index (χ1v) is 5.51. The molecule has 0 saturated carbocycles. The fourth-order valence-corrected chi connectivity index (χ4v) is 2.01. The van der Waals surface area contributed by atoms with Crippen LogP contribution in [0.15, 0.2) is 24.3 Å². The summed E-state index contributed by atoms with van der Waals surface area (Å²) < 4.78 is 24.7. The molecule has 0 bridgehead atoms. The molecule has 0 fully saturated rings. The van der Waals surface area contributed by atoms with Gasteiger partial charge in [0.2, 0.25) is 0 Å². The molecular weight excluding hydrogens is 249 g/mol. The standard InChI is InChI=1S/C7H7F2I/c1-6-4-2-3-5-7(6)10(8)9/h2-5H,1H3. The minimum atomic E-state index is -3.72. The molecule has 0 nitrogen and oxygen atoms in total. The molecule has 0 atom stereocenters. The molecule has 1 aromatic carbocycles. The Kier molecular flexibility index (Phi) is 2.59. The maximum absolute atomic E-state index is 12.2. The third-order valence-corrected chi connectivity index (χ3v) is 3.32. The second kappa shape index (κ2) is 3.27. The maximum atomic E-state index is 12.2. The zero-order chi connectivity index (χ0) is 7.56. The van der Waals surface area contributed by atoms with E-state index >= 15 is 0 Å². The second-order valence-corrected chi connectivity index (χ2v) is 4.23. The van der Waals surface area contributed by atoms with Crippen LogP contribution in [-0.2, 0) is 0 Å². The van der Waals surface area contributed by atoms with Crippen LogP contribution in [-0.4, -0.2) is 0 Å². The molecule has 0 aliphatic rings. The van der Waals surface area contributed by atoms with Crippen molar-refractivity contribution in [2.45, 2.75) is 6.92 Å². The molecule has 0 radical (unpaired) electrons. The van der Waals surface area contributed by atoms with Gasteiger partial charge in [-0.25, -0.2) is 0 Å². The van der Waals surface area contributed by atoms with Crippen molar-refractivity contribution in [3.8, 4) is 0 Å². The van der Waals surface area contributed by atoms with Crippen LogP contribution in [0.25, 0.3) is 0 Å². The van der Waals surface area contributed by atoms with Gasteiger partial charge in [-0.2, -0.15) is 0 Å². The van der Waals surface area contributed by atoms with Gasteiger partial charge in [0.05, 0.1) is 0 Å². The third-order valence-electron chi connectivity index (χ3n) is 1.23. The van der Waals surface area contributed by atoms with Crippen molar-refractivity contribution < 1.29 is 5.72 Å². The van der Waals surface area contributed by atoms with Crippen molar-refractivity contribution in [3.63, 3.8) is 0 Å². The van der Waals surface area contributed by atoms with Gasteiger partial charge in [-0.1, -0.05) is 0 Å². The number of halogens is 3. The number of hydrogen-bond donors (Lipinski definition) is 0. The fraction of sp³-hybridized carbons (Fsp3) is 0.143. The molecule has 1 aromatic rings. The molecule has 0 N–H and O–H groups in total. The molecular formula is C7H7F2I. The molecule has 56 valence electrons. The van der Waals surface area contributed by atoms with Crippen molar-refractivity contribution in [1.29, 1.82) is 0 Å². The Morgan fingerprint density at radius 3 is 2.20 bits per heavy atom. The van der Waals surface area contributed by atoms with Crippen molar-refractivity contribution in [3.05, 3.63) is 33.4 Å². The minimum absolute atomic E-state index is 0.284. The number of benzene rings is 1. The Morgan fingerprint density at radius 2 is 1.80 bits per heavy atom. The van der Waals surface area contributed by atoms with Crippen LogP contribution in [0.5, 0.6) is 0 Å². The van der Waals surface area contributed by atoms with Gasteiger partial charge < -0.3 is 0 Å². The molecule has 10 heavy (non-hydrogen) atoms. The molecule has 0 saturated heterocycles. The summed E-state index contributed by atoms with van der Waals surface area (Å²) in [5, 5.41) is 0. The quantitative estimate of drug-likeness (QED) is 0.675. The first-order chi connectivity index (χ1) is 4.72. The summed E-state index contributed by atoms with van der Waals surface area (Å²) in [6.45, 7) is 1.72. The Hall–Kier alpha value is -0.190. The first-order valence-electron chi connectivity index (χ1n) is 2.80. The predicted octanol–water partition coefficient (Wildman–Crippen LogP) is 3.44. The van der Waals surface area contributed by atoms with Crippen LogP contribution in [0, 0.1) is 10.5 Å². The van der Waals surface area contributed by atoms with Crippen LogP contribution in [0.3, 0.4) is 0 Å². The second-order valence-electron chi connectivity index (χ2n) is 1.95. The molecule has 1 rings (SSSR count). The van der Waals surface area contributed by atoms with E-state index < -0.39 is 21.0 Å². The van der Waals surface area contributed by atoms with E-state index in [0.717, 1.165) is 5.56 Å². The Bertz CT molecular complexity index is 223. The SMILES string of the molecule is Cc1ccccc1I(F)F. The van der Waals surface area contributed by atoms with Crippen LogP contribution >= 0.6 is 21.0 Å². The average molecular weight is 256 g/mol. The van der Waals surface area contributed by atoms with Gasteiger partial charge in [0.25, 0.3) is 0 Å². The third kappa shape index (κ3) is 1.65. The molecule has 0 unspecified atom stereocenters. The van der Waals surface area contributed by atoms with Crippen molar-refractivity contribution in [2.75, 3.05) is 0 Å². The van der Waals surface area contributed by atoms with Crippen LogP contribution < -0.4 is 0 Å². The number of rotatable bonds is 1. The van der Waals surface area contributed by atoms with Gasteiger partial charge in [-0.15, -0.1) is 0 Å². The summed E-state index contributed by atoms with van der Waals surface area (Å²) in [7, 11) is 0. The predicted molar refractivity (Wildman–Crippen MR) is 46.1 cm³/mol. The summed E-state index contributed by atoms with van der Waals surface area (Å²) in [5.74, 6) is 0. The zero-order valence-electron chi connectivity index (χ0n) is 5.44. The number of aryl methyl sites for hydroxylation is 1. The van der Waals surface area contributed by atoms with E-state index in [9.17, 15) is 5.72 Å². The van der Waals surface area contributed by atoms with Gasteiger partial charge >= 0.3 is 67.0 Å². The first kappa shape index (κ1) is 7.91. The average Bonchev–Trinajstić information content (AvgIpc) is 1.88. The normalized spacial score (nSPS) is 11.3. The van der Waals surface area contributed by atoms with Gasteiger partial charge in [-0.05, 0) is 0 Å². The molecule has 0 aliphatic carbocycles. The Morgan fingerprint density at radius 1 is 1.20 bits per heavy atom. The molecule has 0 aliphatic heterocycles. The molecule has 0 spiro atoms. The Balaban J connectivity index is 3.03. The molecule has 0 heterocycles. The van der Waals surface area contributed by atoms with E-state index in [1.165, 1.54) is 6.07 Å². The van der Waals surface area contributed by atoms with Gasteiger partial charge in [0.1, 0.15) is 0 Å². The van der Waals surface area contributed by atoms with E-state index in [1.807, 2.05) is 0 Å². The van der Waals surface area contributed by atoms with Crippen molar-refractivity contribution >= 4 is 21.0 Å². The summed E-state index contributed by atoms with van der Waals surface area (Å²) >= 11 is -3.72. The van der Waals surface area contributed by atoms with Crippen LogP contribution in [0.4, 0.5) is 5.72 Å². The number of hydrogen-bond acceptors (Lipinski definition) is 0. The summed E-state index contributed by atoms with van der Waals surface area (Å²) in [5.41, 5.74) is 0.720. The van der Waals surface area contributed by atoms with Gasteiger partial charge in [-0.3, -0.25) is 0 Å². The van der Waals surface area contributed by atoms with Crippen molar-refractivity contribution in [1.82, 2.24) is 0 Å². The summed E-state index contributed by atoms with van der Waals surface area (Å²) in [6.07, 6.45) is 0. The topological polar surface area (TPSA) is 0 Å². The summed E-state index contributed by atoms with van der Waals surface area (Å²) in [4.78, 5) is 0. The van der Waals surface area contributed by atoms with Crippen molar-refractivity contribution in [2.24, 2.45) is 0 Å². The van der Waals surface area contributed by atoms with Crippen LogP contribution in [0.2, 0.25) is 0 Å². The van der Waals surface area contributed by atoms with Crippen LogP contribution in [0.1, 0.15) is 5.56 Å². The Labute approximate surface area is 67.2 Å². The van der Waals surface area contributed by atoms with E-state index in [-0.39, 0.29) is 3.57 Å².